The molecular formula is C15H19NOS2. The lowest BCUT2D eigenvalue weighted by atomic mass is 10.1. The summed E-state index contributed by atoms with van der Waals surface area (Å²) in [6.45, 7) is 4.09. The zero-order chi connectivity index (χ0) is 13.8. The van der Waals surface area contributed by atoms with E-state index in [0.29, 0.717) is 0 Å². The molecule has 0 saturated carbocycles. The summed E-state index contributed by atoms with van der Waals surface area (Å²) in [7, 11) is 0. The van der Waals surface area contributed by atoms with E-state index in [0.717, 1.165) is 10.6 Å². The first-order chi connectivity index (χ1) is 9.13. The normalized spacial score (nSPS) is 14.1. The van der Waals surface area contributed by atoms with Crippen molar-refractivity contribution in [1.82, 2.24) is 0 Å². The fourth-order valence-electron chi connectivity index (χ4n) is 1.93. The number of aryl methyl sites for hydroxylation is 1. The van der Waals surface area contributed by atoms with E-state index in [2.05, 4.69) is 30.7 Å². The number of thiophene rings is 1. The Morgan fingerprint density at radius 2 is 2.00 bits per heavy atom. The summed E-state index contributed by atoms with van der Waals surface area (Å²) in [6.07, 6.45) is 1.97. The topological polar surface area (TPSA) is 35.2 Å². The van der Waals surface area contributed by atoms with Crippen molar-refractivity contribution in [2.24, 2.45) is 5.73 Å². The number of benzene rings is 1. The van der Waals surface area contributed by atoms with Crippen molar-refractivity contribution < 1.29 is 4.74 Å². The van der Waals surface area contributed by atoms with Crippen LogP contribution in [0.5, 0.6) is 5.75 Å². The molecule has 2 atom stereocenters. The summed E-state index contributed by atoms with van der Waals surface area (Å²) in [5.41, 5.74) is 7.36. The van der Waals surface area contributed by atoms with Crippen molar-refractivity contribution in [1.29, 1.82) is 0 Å². The monoisotopic (exact) mass is 293 g/mol. The highest BCUT2D eigenvalue weighted by Crippen LogP contribution is 2.34. The molecule has 2 nitrogen and oxygen atoms in total. The number of para-hydroxylation sites is 1. The molecule has 0 radical (unpaired) electrons. The molecule has 0 spiro atoms. The van der Waals surface area contributed by atoms with Crippen molar-refractivity contribution in [2.45, 2.75) is 30.9 Å². The van der Waals surface area contributed by atoms with Crippen LogP contribution in [0.3, 0.4) is 0 Å². The molecule has 1 heterocycles. The molecule has 1 aromatic heterocycles. The molecule has 2 N–H and O–H groups in total. The molecule has 0 amide bonds. The minimum Gasteiger partial charge on any atom is -0.482 e. The molecule has 2 rings (SSSR count). The van der Waals surface area contributed by atoms with Gasteiger partial charge in [-0.1, -0.05) is 12.1 Å². The maximum Gasteiger partial charge on any atom is 0.148 e. The standard InChI is InChI=1S/C15H19NOS2/c1-10-8-9-19-15(10)14(11(2)16)17-12-6-4-5-7-13(12)18-3/h4-9,11,14H,16H2,1-3H3. The van der Waals surface area contributed by atoms with Gasteiger partial charge in [0.15, 0.2) is 0 Å². The van der Waals surface area contributed by atoms with Gasteiger partial charge in [-0.3, -0.25) is 0 Å². The van der Waals surface area contributed by atoms with E-state index in [1.165, 1.54) is 10.4 Å². The average molecular weight is 293 g/mol. The second kappa shape index (κ2) is 6.46. The first-order valence-corrected chi connectivity index (χ1v) is 8.33. The third-order valence-electron chi connectivity index (χ3n) is 2.96. The Balaban J connectivity index is 2.30. The van der Waals surface area contributed by atoms with Crippen LogP contribution in [0.25, 0.3) is 0 Å². The molecule has 0 saturated heterocycles. The molecule has 1 aromatic carbocycles. The third-order valence-corrected chi connectivity index (χ3v) is 4.82. The second-order valence-electron chi connectivity index (χ2n) is 4.52. The Kier molecular flexibility index (Phi) is 4.91. The molecule has 102 valence electrons. The zero-order valence-corrected chi connectivity index (χ0v) is 13.1. The van der Waals surface area contributed by atoms with Gasteiger partial charge >= 0.3 is 0 Å². The van der Waals surface area contributed by atoms with Crippen molar-refractivity contribution in [3.8, 4) is 5.75 Å². The zero-order valence-electron chi connectivity index (χ0n) is 11.4. The van der Waals surface area contributed by atoms with Crippen LogP contribution in [0, 0.1) is 6.92 Å². The highest BCUT2D eigenvalue weighted by Gasteiger charge is 2.22. The van der Waals surface area contributed by atoms with Crippen molar-refractivity contribution in [3.05, 3.63) is 46.2 Å². The van der Waals surface area contributed by atoms with Gasteiger partial charge in [0.2, 0.25) is 0 Å². The molecule has 0 aliphatic heterocycles. The molecule has 2 unspecified atom stereocenters. The van der Waals surface area contributed by atoms with Gasteiger partial charge in [0.25, 0.3) is 0 Å². The van der Waals surface area contributed by atoms with Gasteiger partial charge in [-0.25, -0.2) is 0 Å². The predicted molar refractivity (Wildman–Crippen MR) is 84.3 cm³/mol. The number of hydrogen-bond acceptors (Lipinski definition) is 4. The minimum absolute atomic E-state index is 0.0488. The van der Waals surface area contributed by atoms with Crippen molar-refractivity contribution >= 4 is 23.1 Å². The third kappa shape index (κ3) is 3.32. The van der Waals surface area contributed by atoms with E-state index in [9.17, 15) is 0 Å². The summed E-state index contributed by atoms with van der Waals surface area (Å²) in [5, 5.41) is 2.09. The number of hydrogen-bond donors (Lipinski definition) is 1. The van der Waals surface area contributed by atoms with Crippen molar-refractivity contribution in [3.63, 3.8) is 0 Å². The lowest BCUT2D eigenvalue weighted by Gasteiger charge is -2.23. The fourth-order valence-corrected chi connectivity index (χ4v) is 3.53. The highest BCUT2D eigenvalue weighted by molar-refractivity contribution is 7.98. The smallest absolute Gasteiger partial charge is 0.148 e. The average Bonchev–Trinajstić information content (AvgIpc) is 2.82. The van der Waals surface area contributed by atoms with Gasteiger partial charge in [-0.2, -0.15) is 0 Å². The maximum atomic E-state index is 6.19. The van der Waals surface area contributed by atoms with E-state index in [1.54, 1.807) is 23.1 Å². The number of thioether (sulfide) groups is 1. The second-order valence-corrected chi connectivity index (χ2v) is 6.31. The molecule has 0 fully saturated rings. The summed E-state index contributed by atoms with van der Waals surface area (Å²) in [4.78, 5) is 2.35. The van der Waals surface area contributed by atoms with Gasteiger partial charge in [-0.15, -0.1) is 23.1 Å². The molecule has 2 aromatic rings. The van der Waals surface area contributed by atoms with Crippen LogP contribution in [0.4, 0.5) is 0 Å². The Bertz CT molecular complexity index is 536. The predicted octanol–water partition coefficient (Wildman–Crippen LogP) is 4.25. The molecule has 4 heteroatoms. The first-order valence-electron chi connectivity index (χ1n) is 6.22. The molecule has 0 bridgehead atoms. The Hall–Kier alpha value is -0.970. The number of rotatable bonds is 5. The number of nitrogens with two attached hydrogens (primary N) is 1. The van der Waals surface area contributed by atoms with E-state index in [-0.39, 0.29) is 12.1 Å². The Labute approximate surface area is 123 Å². The highest BCUT2D eigenvalue weighted by atomic mass is 32.2. The van der Waals surface area contributed by atoms with E-state index in [4.69, 9.17) is 10.5 Å². The molecule has 19 heavy (non-hydrogen) atoms. The largest absolute Gasteiger partial charge is 0.482 e. The lowest BCUT2D eigenvalue weighted by molar-refractivity contribution is 0.179. The van der Waals surface area contributed by atoms with Crippen LogP contribution < -0.4 is 10.5 Å². The van der Waals surface area contributed by atoms with E-state index >= 15 is 0 Å². The van der Waals surface area contributed by atoms with Gasteiger partial charge in [0, 0.05) is 15.8 Å². The summed E-state index contributed by atoms with van der Waals surface area (Å²) >= 11 is 3.40. The van der Waals surface area contributed by atoms with Crippen LogP contribution >= 0.6 is 23.1 Å². The Morgan fingerprint density at radius 3 is 2.58 bits per heavy atom. The summed E-state index contributed by atoms with van der Waals surface area (Å²) < 4.78 is 6.19. The van der Waals surface area contributed by atoms with Gasteiger partial charge in [0.1, 0.15) is 11.9 Å². The fraction of sp³-hybridized carbons (Fsp3) is 0.333. The van der Waals surface area contributed by atoms with Gasteiger partial charge in [0.05, 0.1) is 0 Å². The SMILES string of the molecule is CSc1ccccc1OC(c1sccc1C)C(C)N. The molecular weight excluding hydrogens is 274 g/mol. The van der Waals surface area contributed by atoms with E-state index in [1.807, 2.05) is 25.1 Å². The van der Waals surface area contributed by atoms with E-state index < -0.39 is 0 Å². The summed E-state index contributed by atoms with van der Waals surface area (Å²) in [6, 6.07) is 10.2. The lowest BCUT2D eigenvalue weighted by Crippen LogP contribution is -2.29. The van der Waals surface area contributed by atoms with Gasteiger partial charge in [-0.05, 0) is 49.2 Å². The number of ether oxygens (including phenoxy) is 1. The van der Waals surface area contributed by atoms with Crippen molar-refractivity contribution in [2.75, 3.05) is 6.26 Å². The first kappa shape index (κ1) is 14.4. The maximum absolute atomic E-state index is 6.19. The van der Waals surface area contributed by atoms with Gasteiger partial charge < -0.3 is 10.5 Å². The molecule has 0 aliphatic rings. The van der Waals surface area contributed by atoms with Crippen LogP contribution in [0.2, 0.25) is 0 Å². The Morgan fingerprint density at radius 1 is 1.26 bits per heavy atom. The minimum atomic E-state index is -0.0895. The molecule has 0 aliphatic carbocycles. The van der Waals surface area contributed by atoms with Crippen LogP contribution in [0.15, 0.2) is 40.6 Å². The van der Waals surface area contributed by atoms with Crippen LogP contribution in [-0.4, -0.2) is 12.3 Å². The summed E-state index contributed by atoms with van der Waals surface area (Å²) in [5.74, 6) is 0.908. The van der Waals surface area contributed by atoms with Crippen LogP contribution in [-0.2, 0) is 0 Å². The van der Waals surface area contributed by atoms with Crippen LogP contribution in [0.1, 0.15) is 23.5 Å². The quantitative estimate of drug-likeness (QED) is 0.837.